The van der Waals surface area contributed by atoms with Crippen molar-refractivity contribution in [1.29, 1.82) is 0 Å². The summed E-state index contributed by atoms with van der Waals surface area (Å²) >= 11 is 0. The van der Waals surface area contributed by atoms with Crippen LogP contribution in [0.4, 0.5) is 5.69 Å². The molecule has 0 spiro atoms. The van der Waals surface area contributed by atoms with Gasteiger partial charge in [-0.15, -0.1) is 0 Å². The van der Waals surface area contributed by atoms with E-state index in [1.165, 1.54) is 0 Å². The monoisotopic (exact) mass is 276 g/mol. The lowest BCUT2D eigenvalue weighted by Gasteiger charge is -2.19. The number of likely N-dealkylation sites (tertiary alicyclic amines) is 1. The molecule has 0 radical (unpaired) electrons. The molecular formula is C16H24N2O2. The lowest BCUT2D eigenvalue weighted by molar-refractivity contribution is 0.0782. The molecule has 1 aliphatic heterocycles. The zero-order valence-electron chi connectivity index (χ0n) is 12.4. The van der Waals surface area contributed by atoms with Crippen molar-refractivity contribution in [2.24, 2.45) is 5.92 Å². The number of rotatable bonds is 5. The van der Waals surface area contributed by atoms with Gasteiger partial charge in [0, 0.05) is 37.8 Å². The number of hydrogen-bond acceptors (Lipinski definition) is 3. The van der Waals surface area contributed by atoms with Crippen molar-refractivity contribution in [3.63, 3.8) is 0 Å². The van der Waals surface area contributed by atoms with Crippen LogP contribution in [-0.4, -0.2) is 42.2 Å². The van der Waals surface area contributed by atoms with Crippen LogP contribution < -0.4 is 5.32 Å². The molecule has 1 fully saturated rings. The number of anilines is 1. The Kier molecular flexibility index (Phi) is 5.01. The topological polar surface area (TPSA) is 52.6 Å². The third-order valence-electron chi connectivity index (χ3n) is 3.80. The van der Waals surface area contributed by atoms with Crippen LogP contribution in [0.5, 0.6) is 0 Å². The van der Waals surface area contributed by atoms with Gasteiger partial charge in [-0.05, 0) is 31.9 Å². The summed E-state index contributed by atoms with van der Waals surface area (Å²) < 4.78 is 0. The Labute approximate surface area is 120 Å². The molecule has 1 atom stereocenters. The van der Waals surface area contributed by atoms with Gasteiger partial charge in [0.15, 0.2) is 0 Å². The quantitative estimate of drug-likeness (QED) is 0.867. The summed E-state index contributed by atoms with van der Waals surface area (Å²) in [6.45, 7) is 6.54. The Morgan fingerprint density at radius 2 is 2.30 bits per heavy atom. The molecule has 1 aromatic carbocycles. The van der Waals surface area contributed by atoms with E-state index in [9.17, 15) is 9.90 Å². The lowest BCUT2D eigenvalue weighted by atomic mass is 10.1. The predicted molar refractivity (Wildman–Crippen MR) is 81.1 cm³/mol. The number of aliphatic hydroxyl groups is 1. The number of nitrogens with zero attached hydrogens (tertiary/aromatic N) is 1. The van der Waals surface area contributed by atoms with Crippen molar-refractivity contribution < 1.29 is 9.90 Å². The van der Waals surface area contributed by atoms with Gasteiger partial charge in [0.1, 0.15) is 0 Å². The smallest absolute Gasteiger partial charge is 0.255 e. The minimum absolute atomic E-state index is 0.0725. The van der Waals surface area contributed by atoms with E-state index in [0.717, 1.165) is 42.7 Å². The van der Waals surface area contributed by atoms with Gasteiger partial charge in [0.25, 0.3) is 5.91 Å². The minimum atomic E-state index is 0.0725. The number of benzene rings is 1. The molecule has 0 aliphatic carbocycles. The predicted octanol–water partition coefficient (Wildman–Crippen LogP) is 2.27. The molecule has 4 heteroatoms. The zero-order valence-corrected chi connectivity index (χ0v) is 12.4. The van der Waals surface area contributed by atoms with E-state index in [-0.39, 0.29) is 18.4 Å². The first-order chi connectivity index (χ1) is 9.65. The maximum absolute atomic E-state index is 12.6. The van der Waals surface area contributed by atoms with E-state index in [2.05, 4.69) is 12.2 Å². The van der Waals surface area contributed by atoms with Gasteiger partial charge in [-0.2, -0.15) is 0 Å². The van der Waals surface area contributed by atoms with Gasteiger partial charge in [-0.3, -0.25) is 4.79 Å². The lowest BCUT2D eigenvalue weighted by Crippen LogP contribution is -2.30. The second-order valence-corrected chi connectivity index (χ2v) is 5.56. The van der Waals surface area contributed by atoms with Crippen molar-refractivity contribution in [3.8, 4) is 0 Å². The molecule has 110 valence electrons. The molecule has 0 bridgehead atoms. The zero-order chi connectivity index (χ0) is 14.5. The Morgan fingerprint density at radius 1 is 1.50 bits per heavy atom. The summed E-state index contributed by atoms with van der Waals surface area (Å²) in [5, 5.41) is 12.5. The third-order valence-corrected chi connectivity index (χ3v) is 3.80. The molecule has 20 heavy (non-hydrogen) atoms. The first-order valence-electron chi connectivity index (χ1n) is 7.40. The SMILES string of the molecule is CCCNc1ccc(C)cc1C(=O)N1CCC(CO)C1. The second kappa shape index (κ2) is 6.75. The van der Waals surface area contributed by atoms with Gasteiger partial charge in [0.05, 0.1) is 5.56 Å². The number of aliphatic hydroxyl groups excluding tert-OH is 1. The summed E-state index contributed by atoms with van der Waals surface area (Å²) in [6.07, 6.45) is 1.92. The van der Waals surface area contributed by atoms with Crippen LogP contribution in [0.1, 0.15) is 35.7 Å². The fourth-order valence-corrected chi connectivity index (χ4v) is 2.59. The Morgan fingerprint density at radius 3 is 2.95 bits per heavy atom. The van der Waals surface area contributed by atoms with Crippen molar-refractivity contribution >= 4 is 11.6 Å². The van der Waals surface area contributed by atoms with Gasteiger partial charge in [0.2, 0.25) is 0 Å². The van der Waals surface area contributed by atoms with Crippen LogP contribution in [0.2, 0.25) is 0 Å². The second-order valence-electron chi connectivity index (χ2n) is 5.56. The largest absolute Gasteiger partial charge is 0.396 e. The number of carbonyl (C=O) groups is 1. The molecule has 1 aliphatic rings. The van der Waals surface area contributed by atoms with Gasteiger partial charge >= 0.3 is 0 Å². The summed E-state index contributed by atoms with van der Waals surface area (Å²) in [7, 11) is 0. The van der Waals surface area contributed by atoms with Crippen LogP contribution in [0, 0.1) is 12.8 Å². The molecule has 1 heterocycles. The highest BCUT2D eigenvalue weighted by molar-refractivity contribution is 6.00. The van der Waals surface area contributed by atoms with Crippen LogP contribution in [-0.2, 0) is 0 Å². The fourth-order valence-electron chi connectivity index (χ4n) is 2.59. The van der Waals surface area contributed by atoms with E-state index in [1.807, 2.05) is 30.0 Å². The van der Waals surface area contributed by atoms with E-state index in [1.54, 1.807) is 0 Å². The van der Waals surface area contributed by atoms with Crippen molar-refractivity contribution in [2.45, 2.75) is 26.7 Å². The third kappa shape index (κ3) is 3.31. The highest BCUT2D eigenvalue weighted by Crippen LogP contribution is 2.23. The standard InChI is InChI=1S/C16H24N2O2/c1-3-7-17-15-5-4-12(2)9-14(15)16(20)18-8-6-13(10-18)11-19/h4-5,9,13,17,19H,3,6-8,10-11H2,1-2H3. The average Bonchev–Trinajstić information content (AvgIpc) is 2.94. The fraction of sp³-hybridized carbons (Fsp3) is 0.562. The van der Waals surface area contributed by atoms with Crippen molar-refractivity contribution in [2.75, 3.05) is 31.6 Å². The molecule has 4 nitrogen and oxygen atoms in total. The van der Waals surface area contributed by atoms with Crippen LogP contribution >= 0.6 is 0 Å². The summed E-state index contributed by atoms with van der Waals surface area (Å²) in [6, 6.07) is 5.96. The van der Waals surface area contributed by atoms with E-state index in [0.29, 0.717) is 6.54 Å². The maximum Gasteiger partial charge on any atom is 0.255 e. The Bertz CT molecular complexity index is 474. The molecular weight excluding hydrogens is 252 g/mol. The van der Waals surface area contributed by atoms with Gasteiger partial charge in [-0.25, -0.2) is 0 Å². The normalized spacial score (nSPS) is 18.4. The Balaban J connectivity index is 2.17. The number of nitrogens with one attached hydrogen (secondary N) is 1. The number of hydrogen-bond donors (Lipinski definition) is 2. The van der Waals surface area contributed by atoms with E-state index >= 15 is 0 Å². The summed E-state index contributed by atoms with van der Waals surface area (Å²) in [4.78, 5) is 14.5. The highest BCUT2D eigenvalue weighted by atomic mass is 16.3. The molecule has 2 rings (SSSR count). The Hall–Kier alpha value is -1.55. The minimum Gasteiger partial charge on any atom is -0.396 e. The number of carbonyl (C=O) groups excluding carboxylic acids is 1. The van der Waals surface area contributed by atoms with Crippen molar-refractivity contribution in [3.05, 3.63) is 29.3 Å². The molecule has 1 unspecified atom stereocenters. The summed E-state index contributed by atoms with van der Waals surface area (Å²) in [5.74, 6) is 0.305. The molecule has 0 aromatic heterocycles. The summed E-state index contributed by atoms with van der Waals surface area (Å²) in [5.41, 5.74) is 2.75. The molecule has 2 N–H and O–H groups in total. The van der Waals surface area contributed by atoms with E-state index < -0.39 is 0 Å². The van der Waals surface area contributed by atoms with Crippen LogP contribution in [0.3, 0.4) is 0 Å². The molecule has 1 amide bonds. The first kappa shape index (κ1) is 14.9. The highest BCUT2D eigenvalue weighted by Gasteiger charge is 2.27. The number of aryl methyl sites for hydroxylation is 1. The van der Waals surface area contributed by atoms with Gasteiger partial charge in [-0.1, -0.05) is 18.6 Å². The van der Waals surface area contributed by atoms with Gasteiger partial charge < -0.3 is 15.3 Å². The number of amides is 1. The average molecular weight is 276 g/mol. The maximum atomic E-state index is 12.6. The molecule has 1 saturated heterocycles. The molecule has 0 saturated carbocycles. The van der Waals surface area contributed by atoms with Crippen LogP contribution in [0.15, 0.2) is 18.2 Å². The van der Waals surface area contributed by atoms with Crippen molar-refractivity contribution in [1.82, 2.24) is 4.90 Å². The molecule has 1 aromatic rings. The van der Waals surface area contributed by atoms with Crippen LogP contribution in [0.25, 0.3) is 0 Å². The first-order valence-corrected chi connectivity index (χ1v) is 7.40. The van der Waals surface area contributed by atoms with E-state index in [4.69, 9.17) is 0 Å².